The minimum Gasteiger partial charge on any atom is -0.396 e. The summed E-state index contributed by atoms with van der Waals surface area (Å²) in [5.74, 6) is -0.0730. The first-order chi connectivity index (χ1) is 9.65. The van der Waals surface area contributed by atoms with Crippen molar-refractivity contribution >= 4 is 23.3 Å². The molecular formula is C16H23NO2S. The summed E-state index contributed by atoms with van der Waals surface area (Å²) in [5, 5.41) is 14.6. The second-order valence-corrected chi connectivity index (χ2v) is 6.69. The van der Waals surface area contributed by atoms with Crippen molar-refractivity contribution in [2.24, 2.45) is 5.41 Å². The van der Waals surface area contributed by atoms with Gasteiger partial charge in [0.25, 0.3) is 0 Å². The number of aliphatic hydroxyl groups excluding tert-OH is 1. The molecule has 110 valence electrons. The van der Waals surface area contributed by atoms with E-state index in [4.69, 9.17) is 0 Å². The summed E-state index contributed by atoms with van der Waals surface area (Å²) in [5.41, 5.74) is 1.10. The fourth-order valence-electron chi connectivity index (χ4n) is 2.73. The molecule has 1 aliphatic carbocycles. The third kappa shape index (κ3) is 3.93. The predicted octanol–water partition coefficient (Wildman–Crippen LogP) is 3.13. The van der Waals surface area contributed by atoms with Gasteiger partial charge in [-0.15, -0.1) is 11.3 Å². The van der Waals surface area contributed by atoms with E-state index in [1.54, 1.807) is 17.4 Å². The van der Waals surface area contributed by atoms with Crippen molar-refractivity contribution in [3.8, 4) is 0 Å². The standard InChI is InChI=1S/C16H23NO2S/c1-13-7-10-20-14(13)5-6-15(19)17-11-16(12-18)8-3-2-4-9-16/h5-7,10,18H,2-4,8-9,11-12H2,1H3,(H,17,19)/b6-5+. The number of nitrogens with one attached hydrogen (secondary N) is 1. The van der Waals surface area contributed by atoms with Gasteiger partial charge in [-0.2, -0.15) is 0 Å². The molecule has 0 spiro atoms. The second-order valence-electron chi connectivity index (χ2n) is 5.74. The van der Waals surface area contributed by atoms with Crippen LogP contribution in [0.5, 0.6) is 0 Å². The largest absolute Gasteiger partial charge is 0.396 e. The van der Waals surface area contributed by atoms with E-state index in [2.05, 4.69) is 5.32 Å². The molecule has 2 rings (SSSR count). The molecule has 20 heavy (non-hydrogen) atoms. The van der Waals surface area contributed by atoms with Gasteiger partial charge >= 0.3 is 0 Å². The molecular weight excluding hydrogens is 270 g/mol. The number of carbonyl (C=O) groups excluding carboxylic acids is 1. The zero-order valence-electron chi connectivity index (χ0n) is 12.0. The maximum absolute atomic E-state index is 11.9. The molecule has 3 nitrogen and oxygen atoms in total. The maximum Gasteiger partial charge on any atom is 0.244 e. The molecule has 1 saturated carbocycles. The van der Waals surface area contributed by atoms with Gasteiger partial charge in [-0.05, 0) is 42.9 Å². The van der Waals surface area contributed by atoms with Gasteiger partial charge in [0.15, 0.2) is 0 Å². The zero-order chi connectivity index (χ0) is 14.4. The smallest absolute Gasteiger partial charge is 0.244 e. The first kappa shape index (κ1) is 15.3. The van der Waals surface area contributed by atoms with E-state index in [-0.39, 0.29) is 17.9 Å². The minimum atomic E-state index is -0.0966. The van der Waals surface area contributed by atoms with Gasteiger partial charge in [-0.25, -0.2) is 0 Å². The van der Waals surface area contributed by atoms with Crippen molar-refractivity contribution in [2.45, 2.75) is 39.0 Å². The molecule has 1 fully saturated rings. The number of hydrogen-bond acceptors (Lipinski definition) is 3. The summed E-state index contributed by atoms with van der Waals surface area (Å²) in [6.45, 7) is 2.79. The van der Waals surface area contributed by atoms with Gasteiger partial charge in [0.2, 0.25) is 5.91 Å². The molecule has 0 radical (unpaired) electrons. The summed E-state index contributed by atoms with van der Waals surface area (Å²) in [7, 11) is 0. The Kier molecular flexibility index (Phi) is 5.38. The highest BCUT2D eigenvalue weighted by Gasteiger charge is 2.31. The number of aryl methyl sites for hydroxylation is 1. The zero-order valence-corrected chi connectivity index (χ0v) is 12.8. The third-order valence-corrected chi connectivity index (χ3v) is 5.16. The Bertz CT molecular complexity index is 473. The molecule has 0 bridgehead atoms. The number of aliphatic hydroxyl groups is 1. The van der Waals surface area contributed by atoms with Crippen LogP contribution in [0.1, 0.15) is 42.5 Å². The summed E-state index contributed by atoms with van der Waals surface area (Å²) >= 11 is 1.63. The number of carbonyl (C=O) groups is 1. The predicted molar refractivity (Wildman–Crippen MR) is 83.7 cm³/mol. The van der Waals surface area contributed by atoms with E-state index < -0.39 is 0 Å². The number of amides is 1. The molecule has 0 unspecified atom stereocenters. The van der Waals surface area contributed by atoms with Crippen LogP contribution in [0.25, 0.3) is 6.08 Å². The lowest BCUT2D eigenvalue weighted by atomic mass is 9.74. The van der Waals surface area contributed by atoms with Crippen LogP contribution in [0.4, 0.5) is 0 Å². The van der Waals surface area contributed by atoms with Crippen LogP contribution in [-0.2, 0) is 4.79 Å². The Morgan fingerprint density at radius 2 is 2.20 bits per heavy atom. The minimum absolute atomic E-state index is 0.0730. The monoisotopic (exact) mass is 293 g/mol. The van der Waals surface area contributed by atoms with Gasteiger partial charge in [0.1, 0.15) is 0 Å². The van der Waals surface area contributed by atoms with Gasteiger partial charge in [0.05, 0.1) is 6.61 Å². The fraction of sp³-hybridized carbons (Fsp3) is 0.562. The summed E-state index contributed by atoms with van der Waals surface area (Å²) in [6, 6.07) is 2.05. The third-order valence-electron chi connectivity index (χ3n) is 4.18. The van der Waals surface area contributed by atoms with Crippen molar-refractivity contribution in [1.82, 2.24) is 5.32 Å². The van der Waals surface area contributed by atoms with Crippen LogP contribution in [0.2, 0.25) is 0 Å². The van der Waals surface area contributed by atoms with Crippen molar-refractivity contribution in [3.63, 3.8) is 0 Å². The molecule has 1 aliphatic rings. The van der Waals surface area contributed by atoms with Crippen LogP contribution in [0, 0.1) is 12.3 Å². The fourth-order valence-corrected chi connectivity index (χ4v) is 3.55. The van der Waals surface area contributed by atoms with E-state index in [0.717, 1.165) is 30.6 Å². The molecule has 0 atom stereocenters. The van der Waals surface area contributed by atoms with E-state index >= 15 is 0 Å². The SMILES string of the molecule is Cc1ccsc1/C=C/C(=O)NCC1(CO)CCCCC1. The second kappa shape index (κ2) is 7.04. The number of thiophene rings is 1. The Morgan fingerprint density at radius 1 is 1.45 bits per heavy atom. The number of rotatable bonds is 5. The summed E-state index contributed by atoms with van der Waals surface area (Å²) in [4.78, 5) is 13.0. The number of hydrogen-bond donors (Lipinski definition) is 2. The van der Waals surface area contributed by atoms with Gasteiger partial charge < -0.3 is 10.4 Å². The lowest BCUT2D eigenvalue weighted by Gasteiger charge is -2.35. The molecule has 1 amide bonds. The van der Waals surface area contributed by atoms with E-state index in [0.29, 0.717) is 6.54 Å². The first-order valence-electron chi connectivity index (χ1n) is 7.26. The lowest BCUT2D eigenvalue weighted by Crippen LogP contribution is -2.40. The molecule has 1 aromatic rings. The highest BCUT2D eigenvalue weighted by molar-refractivity contribution is 7.11. The normalized spacial score (nSPS) is 18.3. The van der Waals surface area contributed by atoms with Gasteiger partial charge in [-0.3, -0.25) is 4.79 Å². The van der Waals surface area contributed by atoms with E-state index in [1.165, 1.54) is 12.0 Å². The Morgan fingerprint density at radius 3 is 2.80 bits per heavy atom. The van der Waals surface area contributed by atoms with Crippen molar-refractivity contribution in [2.75, 3.05) is 13.2 Å². The maximum atomic E-state index is 11.9. The Balaban J connectivity index is 1.85. The Hall–Kier alpha value is -1.13. The quantitative estimate of drug-likeness (QED) is 0.819. The van der Waals surface area contributed by atoms with Crippen molar-refractivity contribution in [1.29, 1.82) is 0 Å². The highest BCUT2D eigenvalue weighted by Crippen LogP contribution is 2.35. The summed E-state index contributed by atoms with van der Waals surface area (Å²) in [6.07, 6.45) is 9.03. The van der Waals surface area contributed by atoms with Crippen molar-refractivity contribution < 1.29 is 9.90 Å². The highest BCUT2D eigenvalue weighted by atomic mass is 32.1. The van der Waals surface area contributed by atoms with Crippen LogP contribution in [-0.4, -0.2) is 24.2 Å². The van der Waals surface area contributed by atoms with E-state index in [1.807, 2.05) is 24.4 Å². The molecule has 1 heterocycles. The average Bonchev–Trinajstić information content (AvgIpc) is 2.89. The molecule has 0 aromatic carbocycles. The van der Waals surface area contributed by atoms with Gasteiger partial charge in [0, 0.05) is 22.9 Å². The molecule has 1 aromatic heterocycles. The van der Waals surface area contributed by atoms with Crippen LogP contribution < -0.4 is 5.32 Å². The van der Waals surface area contributed by atoms with Crippen LogP contribution >= 0.6 is 11.3 Å². The van der Waals surface area contributed by atoms with Crippen LogP contribution in [0.15, 0.2) is 17.5 Å². The lowest BCUT2D eigenvalue weighted by molar-refractivity contribution is -0.117. The molecule has 0 saturated heterocycles. The van der Waals surface area contributed by atoms with E-state index in [9.17, 15) is 9.90 Å². The van der Waals surface area contributed by atoms with Crippen LogP contribution in [0.3, 0.4) is 0 Å². The van der Waals surface area contributed by atoms with Gasteiger partial charge in [-0.1, -0.05) is 19.3 Å². The summed E-state index contributed by atoms with van der Waals surface area (Å²) < 4.78 is 0. The Labute approximate surface area is 124 Å². The molecule has 4 heteroatoms. The average molecular weight is 293 g/mol. The molecule has 0 aliphatic heterocycles. The topological polar surface area (TPSA) is 49.3 Å². The first-order valence-corrected chi connectivity index (χ1v) is 8.14. The van der Waals surface area contributed by atoms with Crippen molar-refractivity contribution in [3.05, 3.63) is 28.0 Å². The molecule has 2 N–H and O–H groups in total.